The summed E-state index contributed by atoms with van der Waals surface area (Å²) < 4.78 is 19.6. The second kappa shape index (κ2) is 8.16. The van der Waals surface area contributed by atoms with E-state index in [9.17, 15) is 14.0 Å². The van der Waals surface area contributed by atoms with Crippen molar-refractivity contribution in [3.63, 3.8) is 0 Å². The summed E-state index contributed by atoms with van der Waals surface area (Å²) in [6.45, 7) is 1.98. The number of anilines is 2. The van der Waals surface area contributed by atoms with Gasteiger partial charge in [-0.05, 0) is 55.0 Å². The average molecular weight is 425 g/mol. The molecule has 3 aromatic rings. The SMILES string of the molecule is CC1Oc2ccc(NC(=O)c3ccccc3F)cc2N(Cc2cccc(Cl)c2)C1=O. The minimum absolute atomic E-state index is 0.0630. The highest BCUT2D eigenvalue weighted by Crippen LogP contribution is 2.37. The Labute approximate surface area is 178 Å². The van der Waals surface area contributed by atoms with Gasteiger partial charge >= 0.3 is 0 Å². The minimum atomic E-state index is -0.643. The molecule has 0 bridgehead atoms. The van der Waals surface area contributed by atoms with Gasteiger partial charge in [0.15, 0.2) is 6.10 Å². The molecule has 1 heterocycles. The number of ether oxygens (including phenoxy) is 1. The molecule has 30 heavy (non-hydrogen) atoms. The molecule has 1 unspecified atom stereocenters. The highest BCUT2D eigenvalue weighted by molar-refractivity contribution is 6.30. The van der Waals surface area contributed by atoms with Crippen molar-refractivity contribution in [1.29, 1.82) is 0 Å². The normalized spacial score (nSPS) is 15.4. The van der Waals surface area contributed by atoms with Crippen molar-refractivity contribution in [3.8, 4) is 5.75 Å². The van der Waals surface area contributed by atoms with Gasteiger partial charge < -0.3 is 15.0 Å². The molecule has 0 aliphatic carbocycles. The van der Waals surface area contributed by atoms with Gasteiger partial charge in [0.05, 0.1) is 17.8 Å². The second-order valence-electron chi connectivity index (χ2n) is 6.93. The molecular formula is C23H18ClFN2O3. The van der Waals surface area contributed by atoms with Crippen LogP contribution in [0.15, 0.2) is 66.7 Å². The zero-order valence-corrected chi connectivity index (χ0v) is 16.8. The van der Waals surface area contributed by atoms with Crippen molar-refractivity contribution < 1.29 is 18.7 Å². The summed E-state index contributed by atoms with van der Waals surface area (Å²) in [4.78, 5) is 26.9. The number of carbonyl (C=O) groups is 2. The van der Waals surface area contributed by atoms with Gasteiger partial charge in [-0.1, -0.05) is 35.9 Å². The monoisotopic (exact) mass is 424 g/mol. The first kappa shape index (κ1) is 19.9. The Balaban J connectivity index is 1.65. The van der Waals surface area contributed by atoms with Crippen LogP contribution < -0.4 is 15.0 Å². The largest absolute Gasteiger partial charge is 0.479 e. The number of hydrogen-bond acceptors (Lipinski definition) is 3. The Morgan fingerprint density at radius 2 is 1.93 bits per heavy atom. The first-order chi connectivity index (χ1) is 14.4. The van der Waals surface area contributed by atoms with Crippen LogP contribution in [0.25, 0.3) is 0 Å². The van der Waals surface area contributed by atoms with Crippen LogP contribution in [0.4, 0.5) is 15.8 Å². The fourth-order valence-electron chi connectivity index (χ4n) is 3.31. The second-order valence-corrected chi connectivity index (χ2v) is 7.37. The van der Waals surface area contributed by atoms with Crippen LogP contribution in [0.2, 0.25) is 5.02 Å². The van der Waals surface area contributed by atoms with E-state index in [0.717, 1.165) is 5.56 Å². The zero-order chi connectivity index (χ0) is 21.3. The number of nitrogens with zero attached hydrogens (tertiary/aromatic N) is 1. The molecule has 0 fully saturated rings. The number of carbonyl (C=O) groups excluding carboxylic acids is 2. The lowest BCUT2D eigenvalue weighted by atomic mass is 10.1. The molecule has 1 N–H and O–H groups in total. The number of fused-ring (bicyclic) bond motifs is 1. The van der Waals surface area contributed by atoms with Crippen molar-refractivity contribution in [1.82, 2.24) is 0 Å². The van der Waals surface area contributed by atoms with Gasteiger partial charge in [0.25, 0.3) is 11.8 Å². The number of nitrogens with one attached hydrogen (secondary N) is 1. The smallest absolute Gasteiger partial charge is 0.268 e. The topological polar surface area (TPSA) is 58.6 Å². The lowest BCUT2D eigenvalue weighted by Crippen LogP contribution is -2.44. The van der Waals surface area contributed by atoms with E-state index in [1.54, 1.807) is 48.2 Å². The van der Waals surface area contributed by atoms with Crippen molar-refractivity contribution >= 4 is 34.8 Å². The van der Waals surface area contributed by atoms with Gasteiger partial charge in [0, 0.05) is 10.7 Å². The van der Waals surface area contributed by atoms with E-state index in [1.165, 1.54) is 18.2 Å². The molecule has 1 aliphatic heterocycles. The Bertz CT molecular complexity index is 1130. The Hall–Kier alpha value is -3.38. The Kier molecular flexibility index (Phi) is 5.42. The van der Waals surface area contributed by atoms with Gasteiger partial charge in [0.2, 0.25) is 0 Å². The summed E-state index contributed by atoms with van der Waals surface area (Å²) in [7, 11) is 0. The lowest BCUT2D eigenvalue weighted by molar-refractivity contribution is -0.125. The van der Waals surface area contributed by atoms with Crippen molar-refractivity contribution in [2.24, 2.45) is 0 Å². The van der Waals surface area contributed by atoms with E-state index < -0.39 is 17.8 Å². The third-order valence-corrected chi connectivity index (χ3v) is 5.01. The third-order valence-electron chi connectivity index (χ3n) is 4.77. The molecule has 3 aromatic carbocycles. The van der Waals surface area contributed by atoms with Gasteiger partial charge in [-0.25, -0.2) is 4.39 Å². The molecule has 152 valence electrons. The van der Waals surface area contributed by atoms with E-state index in [1.807, 2.05) is 12.1 Å². The molecule has 0 saturated heterocycles. The lowest BCUT2D eigenvalue weighted by Gasteiger charge is -2.33. The van der Waals surface area contributed by atoms with Crippen LogP contribution in [0, 0.1) is 5.82 Å². The van der Waals surface area contributed by atoms with Gasteiger partial charge in [0.1, 0.15) is 11.6 Å². The standard InChI is InChI=1S/C23H18ClFN2O3/c1-14-23(29)27(13-15-5-4-6-16(24)11-15)20-12-17(9-10-21(20)30-14)26-22(28)18-7-2-3-8-19(18)25/h2-12,14H,13H2,1H3,(H,26,28). The number of halogens is 2. The molecule has 0 saturated carbocycles. The van der Waals surface area contributed by atoms with Gasteiger partial charge in [-0.15, -0.1) is 0 Å². The highest BCUT2D eigenvalue weighted by atomic mass is 35.5. The summed E-state index contributed by atoms with van der Waals surface area (Å²) in [5.41, 5.74) is 1.73. The molecule has 0 radical (unpaired) electrons. The van der Waals surface area contributed by atoms with E-state index in [0.29, 0.717) is 28.7 Å². The molecule has 0 aromatic heterocycles. The molecule has 1 atom stereocenters. The number of amides is 2. The minimum Gasteiger partial charge on any atom is -0.479 e. The van der Waals surface area contributed by atoms with E-state index in [-0.39, 0.29) is 11.5 Å². The van der Waals surface area contributed by atoms with Crippen molar-refractivity contribution in [2.75, 3.05) is 10.2 Å². The van der Waals surface area contributed by atoms with Gasteiger partial charge in [-0.3, -0.25) is 9.59 Å². The predicted octanol–water partition coefficient (Wildman–Crippen LogP) is 5.05. The van der Waals surface area contributed by atoms with Gasteiger partial charge in [-0.2, -0.15) is 0 Å². The average Bonchev–Trinajstić information content (AvgIpc) is 2.72. The summed E-state index contributed by atoms with van der Waals surface area (Å²) in [5.74, 6) is -0.873. The van der Waals surface area contributed by atoms with Crippen molar-refractivity contribution in [3.05, 3.63) is 88.7 Å². The quantitative estimate of drug-likeness (QED) is 0.638. The van der Waals surface area contributed by atoms with E-state index in [4.69, 9.17) is 16.3 Å². The maximum absolute atomic E-state index is 13.9. The van der Waals surface area contributed by atoms with Crippen LogP contribution in [-0.2, 0) is 11.3 Å². The van der Waals surface area contributed by atoms with Crippen LogP contribution in [0.3, 0.4) is 0 Å². The molecule has 2 amide bonds. The molecule has 1 aliphatic rings. The summed E-state index contributed by atoms with van der Waals surface area (Å²) in [6.07, 6.45) is -0.643. The third kappa shape index (κ3) is 4.00. The fraction of sp³-hybridized carbons (Fsp3) is 0.130. The van der Waals surface area contributed by atoms with E-state index in [2.05, 4.69) is 5.32 Å². The molecular weight excluding hydrogens is 407 g/mol. The highest BCUT2D eigenvalue weighted by Gasteiger charge is 2.32. The predicted molar refractivity (Wildman–Crippen MR) is 114 cm³/mol. The first-order valence-corrected chi connectivity index (χ1v) is 9.72. The van der Waals surface area contributed by atoms with Crippen LogP contribution in [-0.4, -0.2) is 17.9 Å². The number of rotatable bonds is 4. The maximum atomic E-state index is 13.9. The van der Waals surface area contributed by atoms with Crippen molar-refractivity contribution in [2.45, 2.75) is 19.6 Å². The zero-order valence-electron chi connectivity index (χ0n) is 16.1. The van der Waals surface area contributed by atoms with Crippen LogP contribution >= 0.6 is 11.6 Å². The first-order valence-electron chi connectivity index (χ1n) is 9.35. The molecule has 7 heteroatoms. The molecule has 0 spiro atoms. The summed E-state index contributed by atoms with van der Waals surface area (Å²) >= 11 is 6.08. The molecule has 4 rings (SSSR count). The summed E-state index contributed by atoms with van der Waals surface area (Å²) in [6, 6.07) is 18.0. The molecule has 5 nitrogen and oxygen atoms in total. The Morgan fingerprint density at radius 1 is 1.13 bits per heavy atom. The number of hydrogen-bond donors (Lipinski definition) is 1. The number of benzene rings is 3. The fourth-order valence-corrected chi connectivity index (χ4v) is 3.52. The van der Waals surface area contributed by atoms with Crippen LogP contribution in [0.5, 0.6) is 5.75 Å². The van der Waals surface area contributed by atoms with E-state index >= 15 is 0 Å². The Morgan fingerprint density at radius 3 is 2.70 bits per heavy atom. The summed E-state index contributed by atoms with van der Waals surface area (Å²) in [5, 5.41) is 3.25. The maximum Gasteiger partial charge on any atom is 0.268 e. The van der Waals surface area contributed by atoms with Crippen LogP contribution in [0.1, 0.15) is 22.8 Å².